The summed E-state index contributed by atoms with van der Waals surface area (Å²) in [5.41, 5.74) is 1.38. The van der Waals surface area contributed by atoms with Crippen LogP contribution in [0, 0.1) is 18.3 Å². The normalized spacial score (nSPS) is 10.1. The summed E-state index contributed by atoms with van der Waals surface area (Å²) in [6.45, 7) is 1.88. The van der Waals surface area contributed by atoms with Gasteiger partial charge >= 0.3 is 0 Å². The fraction of sp³-hybridized carbons (Fsp3) is 0.222. The lowest BCUT2D eigenvalue weighted by Gasteiger charge is -2.01. The Hall–Kier alpha value is -1.94. The fourth-order valence-corrected chi connectivity index (χ4v) is 1.92. The van der Waals surface area contributed by atoms with Crippen LogP contribution in [0.5, 0.6) is 0 Å². The van der Waals surface area contributed by atoms with Crippen molar-refractivity contribution >= 4 is 11.8 Å². The maximum Gasteiger partial charge on any atom is 0.215 e. The molecule has 0 atom stereocenters. The molecule has 0 aliphatic carbocycles. The molecule has 2 aromatic rings. The van der Waals surface area contributed by atoms with Gasteiger partial charge in [0.25, 0.3) is 0 Å². The zero-order valence-electron chi connectivity index (χ0n) is 8.75. The largest absolute Gasteiger partial charge is 0.245 e. The van der Waals surface area contributed by atoms with Crippen molar-refractivity contribution in [3.05, 3.63) is 23.4 Å². The highest BCUT2D eigenvalue weighted by molar-refractivity contribution is 7.99. The molecule has 2 rings (SSSR count). The van der Waals surface area contributed by atoms with Crippen LogP contribution in [-0.2, 0) is 7.05 Å². The van der Waals surface area contributed by atoms with Crippen molar-refractivity contribution in [1.82, 2.24) is 25.2 Å². The number of hydrogen-bond acceptors (Lipinski definition) is 6. The molecule has 0 N–H and O–H groups in total. The van der Waals surface area contributed by atoms with Gasteiger partial charge in [0.2, 0.25) is 5.16 Å². The Morgan fingerprint density at radius 2 is 2.25 bits per heavy atom. The van der Waals surface area contributed by atoms with E-state index in [0.29, 0.717) is 15.7 Å². The van der Waals surface area contributed by atoms with E-state index in [1.165, 1.54) is 16.4 Å². The summed E-state index contributed by atoms with van der Waals surface area (Å²) in [6.07, 6.45) is 0. The molecule has 0 aliphatic rings. The second-order valence-corrected chi connectivity index (χ2v) is 4.06. The molecule has 0 aromatic carbocycles. The zero-order chi connectivity index (χ0) is 11.5. The SMILES string of the molecule is Cc1ccc(C#N)c(Sc2nnnn2C)n1. The second-order valence-electron chi connectivity index (χ2n) is 3.10. The van der Waals surface area contributed by atoms with Gasteiger partial charge in [-0.05, 0) is 41.2 Å². The molecule has 0 saturated carbocycles. The van der Waals surface area contributed by atoms with E-state index in [0.717, 1.165) is 5.69 Å². The Balaban J connectivity index is 2.38. The molecule has 0 amide bonds. The minimum absolute atomic E-state index is 0.526. The average molecular weight is 232 g/mol. The Kier molecular flexibility index (Phi) is 2.83. The van der Waals surface area contributed by atoms with Gasteiger partial charge in [0.1, 0.15) is 11.1 Å². The number of aryl methyl sites for hydroxylation is 2. The van der Waals surface area contributed by atoms with E-state index in [9.17, 15) is 0 Å². The summed E-state index contributed by atoms with van der Waals surface area (Å²) < 4.78 is 1.54. The molecule has 0 unspecified atom stereocenters. The Morgan fingerprint density at radius 3 is 2.88 bits per heavy atom. The third kappa shape index (κ3) is 2.01. The number of nitriles is 1. The summed E-state index contributed by atoms with van der Waals surface area (Å²) in [6, 6.07) is 5.64. The first kappa shape index (κ1) is 10.6. The Labute approximate surface area is 96.3 Å². The minimum atomic E-state index is 0.526. The van der Waals surface area contributed by atoms with Crippen LogP contribution in [-0.4, -0.2) is 25.2 Å². The van der Waals surface area contributed by atoms with Gasteiger partial charge in [0.05, 0.1) is 5.56 Å². The Morgan fingerprint density at radius 1 is 1.44 bits per heavy atom. The van der Waals surface area contributed by atoms with Crippen LogP contribution in [0.3, 0.4) is 0 Å². The van der Waals surface area contributed by atoms with Crippen LogP contribution in [0.15, 0.2) is 22.3 Å². The van der Waals surface area contributed by atoms with Gasteiger partial charge in [-0.2, -0.15) is 5.26 Å². The first-order valence-electron chi connectivity index (χ1n) is 4.48. The highest BCUT2D eigenvalue weighted by atomic mass is 32.2. The number of nitrogens with zero attached hydrogens (tertiary/aromatic N) is 6. The third-order valence-electron chi connectivity index (χ3n) is 1.89. The first-order chi connectivity index (χ1) is 7.70. The number of aromatic nitrogens is 5. The van der Waals surface area contributed by atoms with Gasteiger partial charge in [-0.3, -0.25) is 0 Å². The van der Waals surface area contributed by atoms with E-state index in [2.05, 4.69) is 26.6 Å². The zero-order valence-corrected chi connectivity index (χ0v) is 9.56. The number of tetrazole rings is 1. The van der Waals surface area contributed by atoms with Crippen LogP contribution in [0.4, 0.5) is 0 Å². The summed E-state index contributed by atoms with van der Waals surface area (Å²) >= 11 is 1.28. The van der Waals surface area contributed by atoms with Crippen molar-refractivity contribution in [3.8, 4) is 6.07 Å². The summed E-state index contributed by atoms with van der Waals surface area (Å²) in [4.78, 5) is 4.29. The minimum Gasteiger partial charge on any atom is -0.245 e. The van der Waals surface area contributed by atoms with Gasteiger partial charge in [0, 0.05) is 12.7 Å². The van der Waals surface area contributed by atoms with Crippen LogP contribution in [0.25, 0.3) is 0 Å². The standard InChI is InChI=1S/C9H8N6S/c1-6-3-4-7(5-10)8(11-6)16-9-12-13-14-15(9)2/h3-4H,1-2H3. The maximum atomic E-state index is 8.95. The van der Waals surface area contributed by atoms with Crippen molar-refractivity contribution in [3.63, 3.8) is 0 Å². The van der Waals surface area contributed by atoms with Crippen LogP contribution >= 0.6 is 11.8 Å². The van der Waals surface area contributed by atoms with E-state index in [4.69, 9.17) is 5.26 Å². The molecule has 2 heterocycles. The lowest BCUT2D eigenvalue weighted by molar-refractivity contribution is 0.664. The monoisotopic (exact) mass is 232 g/mol. The molecular weight excluding hydrogens is 224 g/mol. The van der Waals surface area contributed by atoms with Gasteiger partial charge in [0.15, 0.2) is 0 Å². The van der Waals surface area contributed by atoms with E-state index < -0.39 is 0 Å². The molecule has 6 nitrogen and oxygen atoms in total. The molecule has 0 aliphatic heterocycles. The predicted octanol–water partition coefficient (Wildman–Crippen LogP) is 0.936. The summed E-state index contributed by atoms with van der Waals surface area (Å²) in [5, 5.41) is 21.3. The third-order valence-corrected chi connectivity index (χ3v) is 2.92. The maximum absolute atomic E-state index is 8.95. The van der Waals surface area contributed by atoms with Crippen LogP contribution in [0.2, 0.25) is 0 Å². The fourth-order valence-electron chi connectivity index (χ4n) is 1.09. The van der Waals surface area contributed by atoms with E-state index in [-0.39, 0.29) is 0 Å². The van der Waals surface area contributed by atoms with Crippen molar-refractivity contribution < 1.29 is 0 Å². The van der Waals surface area contributed by atoms with E-state index >= 15 is 0 Å². The molecule has 0 bridgehead atoms. The molecule has 7 heteroatoms. The topological polar surface area (TPSA) is 80.3 Å². The first-order valence-corrected chi connectivity index (χ1v) is 5.30. The van der Waals surface area contributed by atoms with Crippen LogP contribution in [0.1, 0.15) is 11.3 Å². The molecule has 2 aromatic heterocycles. The molecule has 16 heavy (non-hydrogen) atoms. The number of hydrogen-bond donors (Lipinski definition) is 0. The molecule has 0 radical (unpaired) electrons. The second kappa shape index (κ2) is 4.28. The summed E-state index contributed by atoms with van der Waals surface area (Å²) in [7, 11) is 1.74. The van der Waals surface area contributed by atoms with Gasteiger partial charge < -0.3 is 0 Å². The number of pyridine rings is 1. The predicted molar refractivity (Wildman–Crippen MR) is 56.6 cm³/mol. The van der Waals surface area contributed by atoms with Crippen molar-refractivity contribution in [1.29, 1.82) is 5.26 Å². The summed E-state index contributed by atoms with van der Waals surface area (Å²) in [5.74, 6) is 0. The van der Waals surface area contributed by atoms with E-state index in [1.807, 2.05) is 6.92 Å². The van der Waals surface area contributed by atoms with Crippen LogP contribution < -0.4 is 0 Å². The Bertz CT molecular complexity index is 555. The van der Waals surface area contributed by atoms with Crippen molar-refractivity contribution in [2.45, 2.75) is 17.1 Å². The van der Waals surface area contributed by atoms with Crippen molar-refractivity contribution in [2.75, 3.05) is 0 Å². The lowest BCUT2D eigenvalue weighted by atomic mass is 10.3. The highest BCUT2D eigenvalue weighted by Gasteiger charge is 2.10. The van der Waals surface area contributed by atoms with E-state index in [1.54, 1.807) is 19.2 Å². The van der Waals surface area contributed by atoms with Gasteiger partial charge in [-0.25, -0.2) is 9.67 Å². The quantitative estimate of drug-likeness (QED) is 0.766. The molecule has 0 spiro atoms. The van der Waals surface area contributed by atoms with Gasteiger partial charge in [-0.15, -0.1) is 5.10 Å². The van der Waals surface area contributed by atoms with Crippen molar-refractivity contribution in [2.24, 2.45) is 7.05 Å². The highest BCUT2D eigenvalue weighted by Crippen LogP contribution is 2.26. The molecule has 0 fully saturated rings. The molecule has 80 valence electrons. The smallest absolute Gasteiger partial charge is 0.215 e. The van der Waals surface area contributed by atoms with Gasteiger partial charge in [-0.1, -0.05) is 0 Å². The molecule has 0 saturated heterocycles. The molecular formula is C9H8N6S. The number of rotatable bonds is 2. The lowest BCUT2D eigenvalue weighted by Crippen LogP contribution is -1.95. The average Bonchev–Trinajstić information content (AvgIpc) is 2.65.